The predicted molar refractivity (Wildman–Crippen MR) is 81.4 cm³/mol. The number of para-hydroxylation sites is 1. The number of hydrogen-bond donors (Lipinski definition) is 1. The fourth-order valence-corrected chi connectivity index (χ4v) is 2.12. The Morgan fingerprint density at radius 1 is 1.30 bits per heavy atom. The topological polar surface area (TPSA) is 47.0 Å². The highest BCUT2D eigenvalue weighted by atomic mass is 35.5. The molecule has 0 aliphatic carbocycles. The van der Waals surface area contributed by atoms with Gasteiger partial charge in [0.05, 0.1) is 12.6 Å². The summed E-state index contributed by atoms with van der Waals surface area (Å²) in [4.78, 5) is 8.19. The fraction of sp³-hybridized carbons (Fsp3) is 0.333. The van der Waals surface area contributed by atoms with E-state index in [9.17, 15) is 0 Å². The minimum atomic E-state index is 0.0578. The van der Waals surface area contributed by atoms with Crippen molar-refractivity contribution in [3.05, 3.63) is 46.9 Å². The number of halogens is 1. The summed E-state index contributed by atoms with van der Waals surface area (Å²) in [7, 11) is 0. The van der Waals surface area contributed by atoms with E-state index in [1.807, 2.05) is 38.1 Å². The quantitative estimate of drug-likeness (QED) is 0.846. The summed E-state index contributed by atoms with van der Waals surface area (Å²) in [5.41, 5.74) is 1.93. The third-order valence-electron chi connectivity index (χ3n) is 3.06. The molecule has 20 heavy (non-hydrogen) atoms. The number of aromatic nitrogens is 2. The molecule has 2 aromatic rings. The van der Waals surface area contributed by atoms with Crippen molar-refractivity contribution in [1.82, 2.24) is 9.97 Å². The van der Waals surface area contributed by atoms with Crippen LogP contribution in [0.15, 0.2) is 30.6 Å². The van der Waals surface area contributed by atoms with E-state index in [1.165, 1.54) is 6.33 Å². The second-order valence-corrected chi connectivity index (χ2v) is 4.83. The van der Waals surface area contributed by atoms with Gasteiger partial charge in [-0.15, -0.1) is 0 Å². The van der Waals surface area contributed by atoms with Crippen LogP contribution in [0.1, 0.15) is 31.0 Å². The maximum absolute atomic E-state index is 6.01. The smallest absolute Gasteiger partial charge is 0.137 e. The van der Waals surface area contributed by atoms with Crippen LogP contribution in [0.5, 0.6) is 5.75 Å². The average Bonchev–Trinajstić information content (AvgIpc) is 2.45. The minimum absolute atomic E-state index is 0.0578. The molecule has 106 valence electrons. The van der Waals surface area contributed by atoms with Crippen molar-refractivity contribution < 1.29 is 4.74 Å². The Bertz CT molecular complexity index is 589. The summed E-state index contributed by atoms with van der Waals surface area (Å²) in [6.45, 7) is 6.57. The molecule has 1 unspecified atom stereocenters. The Morgan fingerprint density at radius 2 is 2.05 bits per heavy atom. The first kappa shape index (κ1) is 14.6. The van der Waals surface area contributed by atoms with E-state index in [4.69, 9.17) is 16.3 Å². The molecule has 2 rings (SSSR count). The molecule has 1 aromatic heterocycles. The van der Waals surface area contributed by atoms with Crippen LogP contribution < -0.4 is 10.1 Å². The number of anilines is 1. The van der Waals surface area contributed by atoms with Crippen LogP contribution in [0, 0.1) is 6.92 Å². The molecule has 1 atom stereocenters. The van der Waals surface area contributed by atoms with Gasteiger partial charge in [0.2, 0.25) is 0 Å². The van der Waals surface area contributed by atoms with Crippen LogP contribution in [-0.2, 0) is 0 Å². The first-order valence-corrected chi connectivity index (χ1v) is 6.96. The monoisotopic (exact) mass is 291 g/mol. The Balaban J connectivity index is 2.24. The molecule has 1 N–H and O–H groups in total. The summed E-state index contributed by atoms with van der Waals surface area (Å²) < 4.78 is 5.65. The van der Waals surface area contributed by atoms with E-state index in [0.29, 0.717) is 11.8 Å². The van der Waals surface area contributed by atoms with Crippen molar-refractivity contribution in [3.8, 4) is 5.75 Å². The zero-order valence-electron chi connectivity index (χ0n) is 11.9. The van der Waals surface area contributed by atoms with E-state index < -0.39 is 0 Å². The Labute approximate surface area is 124 Å². The maximum Gasteiger partial charge on any atom is 0.137 e. The molecule has 0 radical (unpaired) electrons. The number of rotatable bonds is 5. The number of nitrogens with zero attached hydrogens (tertiary/aromatic N) is 2. The first-order chi connectivity index (χ1) is 9.63. The molecule has 0 aliphatic rings. The lowest BCUT2D eigenvalue weighted by Gasteiger charge is -2.19. The summed E-state index contributed by atoms with van der Waals surface area (Å²) in [5.74, 6) is 1.62. The first-order valence-electron chi connectivity index (χ1n) is 6.58. The van der Waals surface area contributed by atoms with Crippen molar-refractivity contribution >= 4 is 17.4 Å². The van der Waals surface area contributed by atoms with Gasteiger partial charge in [0.1, 0.15) is 23.0 Å². The van der Waals surface area contributed by atoms with E-state index in [2.05, 4.69) is 22.2 Å². The maximum atomic E-state index is 6.01. The Kier molecular flexibility index (Phi) is 4.79. The van der Waals surface area contributed by atoms with Crippen LogP contribution in [-0.4, -0.2) is 16.6 Å². The van der Waals surface area contributed by atoms with Gasteiger partial charge in [-0.2, -0.15) is 0 Å². The summed E-state index contributed by atoms with van der Waals surface area (Å²) in [6, 6.07) is 8.03. The summed E-state index contributed by atoms with van der Waals surface area (Å²) in [5, 5.41) is 3.82. The largest absolute Gasteiger partial charge is 0.494 e. The molecule has 1 heterocycles. The van der Waals surface area contributed by atoms with Crippen LogP contribution in [0.25, 0.3) is 0 Å². The van der Waals surface area contributed by atoms with E-state index >= 15 is 0 Å². The van der Waals surface area contributed by atoms with Gasteiger partial charge < -0.3 is 10.1 Å². The van der Waals surface area contributed by atoms with Crippen LogP contribution >= 0.6 is 11.6 Å². The van der Waals surface area contributed by atoms with Gasteiger partial charge in [-0.3, -0.25) is 0 Å². The molecule has 0 spiro atoms. The fourth-order valence-electron chi connectivity index (χ4n) is 1.98. The number of ether oxygens (including phenoxy) is 1. The Morgan fingerprint density at radius 3 is 2.80 bits per heavy atom. The zero-order chi connectivity index (χ0) is 14.5. The molecule has 0 saturated carbocycles. The van der Waals surface area contributed by atoms with Gasteiger partial charge in [0.15, 0.2) is 0 Å². The zero-order valence-corrected chi connectivity index (χ0v) is 12.6. The predicted octanol–water partition coefficient (Wildman–Crippen LogP) is 4.01. The van der Waals surface area contributed by atoms with Gasteiger partial charge in [-0.25, -0.2) is 9.97 Å². The van der Waals surface area contributed by atoms with Crippen molar-refractivity contribution in [1.29, 1.82) is 0 Å². The molecule has 0 amide bonds. The second kappa shape index (κ2) is 6.57. The Hall–Kier alpha value is -1.81. The van der Waals surface area contributed by atoms with Crippen LogP contribution in [0.3, 0.4) is 0 Å². The lowest BCUT2D eigenvalue weighted by Crippen LogP contribution is -2.11. The molecule has 0 saturated heterocycles. The van der Waals surface area contributed by atoms with Crippen molar-refractivity contribution in [2.45, 2.75) is 26.8 Å². The molecular weight excluding hydrogens is 274 g/mol. The number of benzene rings is 1. The molecular formula is C15H18ClN3O. The van der Waals surface area contributed by atoms with Crippen molar-refractivity contribution in [2.24, 2.45) is 0 Å². The normalized spacial score (nSPS) is 12.0. The van der Waals surface area contributed by atoms with Crippen molar-refractivity contribution in [2.75, 3.05) is 11.9 Å². The highest BCUT2D eigenvalue weighted by Gasteiger charge is 2.13. The highest BCUT2D eigenvalue weighted by Crippen LogP contribution is 2.28. The van der Waals surface area contributed by atoms with E-state index in [1.54, 1.807) is 0 Å². The number of hydrogen-bond acceptors (Lipinski definition) is 4. The van der Waals surface area contributed by atoms with Gasteiger partial charge in [0.25, 0.3) is 0 Å². The third kappa shape index (κ3) is 3.20. The average molecular weight is 292 g/mol. The van der Waals surface area contributed by atoms with E-state index in [0.717, 1.165) is 22.7 Å². The molecule has 0 fully saturated rings. The highest BCUT2D eigenvalue weighted by molar-refractivity contribution is 6.30. The third-order valence-corrected chi connectivity index (χ3v) is 3.44. The van der Waals surface area contributed by atoms with Crippen molar-refractivity contribution in [3.63, 3.8) is 0 Å². The molecule has 0 aliphatic heterocycles. The summed E-state index contributed by atoms with van der Waals surface area (Å²) >= 11 is 6.01. The van der Waals surface area contributed by atoms with Crippen LogP contribution in [0.4, 0.5) is 5.82 Å². The van der Waals surface area contributed by atoms with Gasteiger partial charge in [-0.1, -0.05) is 29.8 Å². The standard InChI is InChI=1S/C15H18ClN3O/c1-4-20-13-8-6-5-7-12(13)11(3)19-15-10(2)14(16)17-9-18-15/h5-9,11H,4H2,1-3H3,(H,17,18,19). The van der Waals surface area contributed by atoms with Gasteiger partial charge in [-0.05, 0) is 26.8 Å². The molecule has 5 heteroatoms. The van der Waals surface area contributed by atoms with Gasteiger partial charge >= 0.3 is 0 Å². The molecule has 4 nitrogen and oxygen atoms in total. The van der Waals surface area contributed by atoms with E-state index in [-0.39, 0.29) is 6.04 Å². The molecule has 1 aromatic carbocycles. The number of nitrogens with one attached hydrogen (secondary N) is 1. The second-order valence-electron chi connectivity index (χ2n) is 4.47. The molecule has 0 bridgehead atoms. The lowest BCUT2D eigenvalue weighted by atomic mass is 10.1. The van der Waals surface area contributed by atoms with Gasteiger partial charge in [0, 0.05) is 11.1 Å². The summed E-state index contributed by atoms with van der Waals surface area (Å²) in [6.07, 6.45) is 1.46. The van der Waals surface area contributed by atoms with Crippen LogP contribution in [0.2, 0.25) is 5.15 Å². The SMILES string of the molecule is CCOc1ccccc1C(C)Nc1ncnc(Cl)c1C. The minimum Gasteiger partial charge on any atom is -0.494 e. The lowest BCUT2D eigenvalue weighted by molar-refractivity contribution is 0.335.